The Morgan fingerprint density at radius 2 is 2.18 bits per heavy atom. The number of allylic oxidation sites excluding steroid dienone is 2. The Balaban J connectivity index is 1.69. The molecule has 22 heavy (non-hydrogen) atoms. The van der Waals surface area contributed by atoms with Crippen LogP contribution in [-0.4, -0.2) is 30.4 Å². The number of ether oxygens (including phenoxy) is 2. The summed E-state index contributed by atoms with van der Waals surface area (Å²) >= 11 is 5.48. The summed E-state index contributed by atoms with van der Waals surface area (Å²) in [5, 5.41) is 3.91. The molecule has 0 amide bonds. The van der Waals surface area contributed by atoms with Gasteiger partial charge in [0.2, 0.25) is 6.79 Å². The lowest BCUT2D eigenvalue weighted by molar-refractivity contribution is 0.174. The molecule has 2 aliphatic rings. The number of hydrogen-bond acceptors (Lipinski definition) is 3. The molecule has 0 bridgehead atoms. The third-order valence-electron chi connectivity index (χ3n) is 4.17. The highest BCUT2D eigenvalue weighted by Crippen LogP contribution is 2.33. The van der Waals surface area contributed by atoms with Crippen molar-refractivity contribution in [3.8, 4) is 11.5 Å². The van der Waals surface area contributed by atoms with E-state index >= 15 is 0 Å². The first kappa shape index (κ1) is 15.2. The van der Waals surface area contributed by atoms with E-state index in [1.807, 2.05) is 19.2 Å². The normalized spacial score (nSPS) is 19.0. The smallest absolute Gasteiger partial charge is 0.231 e. The topological polar surface area (TPSA) is 33.7 Å². The van der Waals surface area contributed by atoms with E-state index in [9.17, 15) is 0 Å². The molecule has 1 atom stereocenters. The van der Waals surface area contributed by atoms with Gasteiger partial charge in [-0.3, -0.25) is 0 Å². The lowest BCUT2D eigenvalue weighted by atomic mass is 9.94. The molecular weight excluding hydrogens is 296 g/mol. The molecule has 118 valence electrons. The number of thiocarbonyl (C=S) groups is 1. The first-order valence-corrected chi connectivity index (χ1v) is 8.17. The van der Waals surface area contributed by atoms with E-state index in [1.165, 1.54) is 18.4 Å². The van der Waals surface area contributed by atoms with E-state index in [1.54, 1.807) is 0 Å². The molecule has 1 aliphatic carbocycles. The molecule has 0 fully saturated rings. The average molecular weight is 318 g/mol. The fourth-order valence-electron chi connectivity index (χ4n) is 2.97. The molecule has 1 unspecified atom stereocenters. The van der Waals surface area contributed by atoms with Gasteiger partial charge in [0.1, 0.15) is 0 Å². The molecule has 0 aromatic heterocycles. The van der Waals surface area contributed by atoms with Crippen molar-refractivity contribution in [3.05, 3.63) is 35.9 Å². The van der Waals surface area contributed by atoms with E-state index in [-0.39, 0.29) is 0 Å². The molecule has 0 saturated carbocycles. The van der Waals surface area contributed by atoms with Crippen LogP contribution >= 0.6 is 12.2 Å². The van der Waals surface area contributed by atoms with Crippen LogP contribution in [0.1, 0.15) is 24.8 Å². The van der Waals surface area contributed by atoms with Crippen molar-refractivity contribution in [2.75, 3.05) is 20.4 Å². The van der Waals surface area contributed by atoms with Crippen molar-refractivity contribution in [1.82, 2.24) is 10.2 Å². The first-order chi connectivity index (χ1) is 10.8. The van der Waals surface area contributed by atoms with Crippen LogP contribution < -0.4 is 14.8 Å². The van der Waals surface area contributed by atoms with Gasteiger partial charge in [0.15, 0.2) is 16.6 Å². The standard InChI is InChI=1S/C17H22N2O2S/c1-18-17(22)19(10-13-5-3-2-4-6-13)11-14-7-8-15-16(9-14)21-12-20-15/h2-3,7-9,13H,4-6,10-12H2,1H3,(H,18,22). The Morgan fingerprint density at radius 3 is 2.95 bits per heavy atom. The molecule has 1 aromatic rings. The minimum absolute atomic E-state index is 0.311. The van der Waals surface area contributed by atoms with Crippen LogP contribution in [-0.2, 0) is 6.54 Å². The minimum Gasteiger partial charge on any atom is -0.454 e. The Morgan fingerprint density at radius 1 is 1.32 bits per heavy atom. The molecule has 0 saturated heterocycles. The third-order valence-corrected chi connectivity index (χ3v) is 4.63. The van der Waals surface area contributed by atoms with Gasteiger partial charge in [-0.15, -0.1) is 0 Å². The highest BCUT2D eigenvalue weighted by atomic mass is 32.1. The zero-order valence-corrected chi connectivity index (χ0v) is 13.7. The Hall–Kier alpha value is -1.75. The van der Waals surface area contributed by atoms with Crippen LogP contribution in [0.5, 0.6) is 11.5 Å². The highest BCUT2D eigenvalue weighted by molar-refractivity contribution is 7.80. The summed E-state index contributed by atoms with van der Waals surface area (Å²) in [7, 11) is 1.88. The van der Waals surface area contributed by atoms with Crippen molar-refractivity contribution >= 4 is 17.3 Å². The predicted molar refractivity (Wildman–Crippen MR) is 91.1 cm³/mol. The van der Waals surface area contributed by atoms with Crippen molar-refractivity contribution in [2.45, 2.75) is 25.8 Å². The van der Waals surface area contributed by atoms with Crippen molar-refractivity contribution in [1.29, 1.82) is 0 Å². The van der Waals surface area contributed by atoms with E-state index in [0.29, 0.717) is 12.7 Å². The SMILES string of the molecule is CNC(=S)N(Cc1ccc2c(c1)OCO2)CC1CC=CCC1. The second kappa shape index (κ2) is 7.01. The molecule has 1 N–H and O–H groups in total. The van der Waals surface area contributed by atoms with E-state index < -0.39 is 0 Å². The van der Waals surface area contributed by atoms with Gasteiger partial charge in [0.05, 0.1) is 0 Å². The van der Waals surface area contributed by atoms with Gasteiger partial charge in [0, 0.05) is 20.1 Å². The number of benzene rings is 1. The van der Waals surface area contributed by atoms with Gasteiger partial charge in [-0.25, -0.2) is 0 Å². The van der Waals surface area contributed by atoms with Gasteiger partial charge in [-0.2, -0.15) is 0 Å². The third kappa shape index (κ3) is 3.53. The molecule has 5 heteroatoms. The van der Waals surface area contributed by atoms with E-state index in [4.69, 9.17) is 21.7 Å². The highest BCUT2D eigenvalue weighted by Gasteiger charge is 2.19. The average Bonchev–Trinajstić information content (AvgIpc) is 3.02. The van der Waals surface area contributed by atoms with Gasteiger partial charge in [0.25, 0.3) is 0 Å². The molecule has 3 rings (SSSR count). The summed E-state index contributed by atoms with van der Waals surface area (Å²) in [5.74, 6) is 2.32. The zero-order chi connectivity index (χ0) is 15.4. The molecule has 1 aliphatic heterocycles. The van der Waals surface area contributed by atoms with E-state index in [2.05, 4.69) is 28.4 Å². The lowest BCUT2D eigenvalue weighted by Gasteiger charge is -2.30. The van der Waals surface area contributed by atoms with Crippen molar-refractivity contribution < 1.29 is 9.47 Å². The van der Waals surface area contributed by atoms with Gasteiger partial charge < -0.3 is 19.7 Å². The summed E-state index contributed by atoms with van der Waals surface area (Å²) < 4.78 is 10.8. The molecule has 0 radical (unpaired) electrons. The maximum atomic E-state index is 5.48. The Labute approximate surface area is 137 Å². The number of hydrogen-bond donors (Lipinski definition) is 1. The summed E-state index contributed by atoms with van der Waals surface area (Å²) in [4.78, 5) is 2.25. The maximum absolute atomic E-state index is 5.48. The monoisotopic (exact) mass is 318 g/mol. The fraction of sp³-hybridized carbons (Fsp3) is 0.471. The second-order valence-electron chi connectivity index (χ2n) is 5.77. The van der Waals surface area contributed by atoms with Crippen LogP contribution in [0.25, 0.3) is 0 Å². The number of rotatable bonds is 4. The molecule has 0 spiro atoms. The lowest BCUT2D eigenvalue weighted by Crippen LogP contribution is -2.40. The quantitative estimate of drug-likeness (QED) is 0.681. The minimum atomic E-state index is 0.311. The molecule has 4 nitrogen and oxygen atoms in total. The fourth-order valence-corrected chi connectivity index (χ4v) is 3.11. The van der Waals surface area contributed by atoms with Crippen LogP contribution in [0.15, 0.2) is 30.4 Å². The van der Waals surface area contributed by atoms with E-state index in [0.717, 1.165) is 36.1 Å². The predicted octanol–water partition coefficient (Wildman–Crippen LogP) is 3.08. The maximum Gasteiger partial charge on any atom is 0.231 e. The van der Waals surface area contributed by atoms with Gasteiger partial charge in [-0.1, -0.05) is 18.2 Å². The van der Waals surface area contributed by atoms with Crippen molar-refractivity contribution in [2.24, 2.45) is 5.92 Å². The summed E-state index contributed by atoms with van der Waals surface area (Å²) in [6, 6.07) is 6.11. The van der Waals surface area contributed by atoms with Gasteiger partial charge >= 0.3 is 0 Å². The Kier molecular flexibility index (Phi) is 4.83. The van der Waals surface area contributed by atoms with Crippen LogP contribution in [0.2, 0.25) is 0 Å². The molecule has 1 aromatic carbocycles. The van der Waals surface area contributed by atoms with Gasteiger partial charge in [-0.05, 0) is 55.1 Å². The number of nitrogens with one attached hydrogen (secondary N) is 1. The number of fused-ring (bicyclic) bond motifs is 1. The largest absolute Gasteiger partial charge is 0.454 e. The van der Waals surface area contributed by atoms with Crippen LogP contribution in [0.4, 0.5) is 0 Å². The zero-order valence-electron chi connectivity index (χ0n) is 12.9. The van der Waals surface area contributed by atoms with Crippen LogP contribution in [0.3, 0.4) is 0 Å². The van der Waals surface area contributed by atoms with Crippen LogP contribution in [0, 0.1) is 5.92 Å². The summed E-state index contributed by atoms with van der Waals surface area (Å²) in [6.07, 6.45) is 8.11. The summed E-state index contributed by atoms with van der Waals surface area (Å²) in [5.41, 5.74) is 1.19. The molecule has 1 heterocycles. The van der Waals surface area contributed by atoms with Crippen molar-refractivity contribution in [3.63, 3.8) is 0 Å². The second-order valence-corrected chi connectivity index (χ2v) is 6.16. The summed E-state index contributed by atoms with van der Waals surface area (Å²) in [6.45, 7) is 2.08. The molecular formula is C17H22N2O2S. The first-order valence-electron chi connectivity index (χ1n) is 7.76. The Bertz CT molecular complexity index is 574. The number of nitrogens with zero attached hydrogens (tertiary/aromatic N) is 1.